The zero-order valence-electron chi connectivity index (χ0n) is 14.8. The van der Waals surface area contributed by atoms with E-state index in [0.29, 0.717) is 6.54 Å². The molecule has 0 bridgehead atoms. The van der Waals surface area contributed by atoms with Crippen molar-refractivity contribution in [2.45, 2.75) is 69.3 Å². The number of thioether (sulfide) groups is 1. The van der Waals surface area contributed by atoms with Crippen LogP contribution < -0.4 is 11.1 Å². The number of carbonyl (C=O) groups is 2. The second-order valence-electron chi connectivity index (χ2n) is 6.09. The first kappa shape index (κ1) is 22.2. The first-order chi connectivity index (χ1) is 11.9. The lowest BCUT2D eigenvalue weighted by Gasteiger charge is -2.43. The zero-order chi connectivity index (χ0) is 18.8. The lowest BCUT2D eigenvalue weighted by atomic mass is 9.97. The van der Waals surface area contributed by atoms with Crippen LogP contribution in [-0.2, 0) is 19.1 Å². The van der Waals surface area contributed by atoms with E-state index < -0.39 is 42.4 Å². The Kier molecular flexibility index (Phi) is 10.4. The van der Waals surface area contributed by atoms with Gasteiger partial charge in [0.05, 0.1) is 12.6 Å². The average Bonchev–Trinajstić information content (AvgIpc) is 2.55. The number of carbonyl (C=O) groups excluding carboxylic acids is 2. The van der Waals surface area contributed by atoms with E-state index in [1.165, 1.54) is 25.6 Å². The van der Waals surface area contributed by atoms with Crippen molar-refractivity contribution in [3.8, 4) is 0 Å². The Balaban J connectivity index is 2.69. The first-order valence-electron chi connectivity index (χ1n) is 8.61. The number of rotatable bonds is 10. The van der Waals surface area contributed by atoms with E-state index in [2.05, 4.69) is 5.32 Å². The molecular formula is C16H30N2O6S. The lowest BCUT2D eigenvalue weighted by molar-refractivity contribution is -0.197. The van der Waals surface area contributed by atoms with E-state index in [-0.39, 0.29) is 5.91 Å². The molecule has 9 heteroatoms. The first-order valence-corrected chi connectivity index (χ1v) is 9.66. The fourth-order valence-electron chi connectivity index (χ4n) is 2.73. The fraction of sp³-hybridized carbons (Fsp3) is 0.875. The molecule has 8 nitrogen and oxygen atoms in total. The molecule has 1 aliphatic rings. The maximum atomic E-state index is 11.5. The molecule has 0 radical (unpaired) electrons. The van der Waals surface area contributed by atoms with Crippen LogP contribution >= 0.6 is 11.8 Å². The molecule has 0 aromatic rings. The molecule has 1 saturated heterocycles. The number of esters is 1. The SMILES string of the molecule is CC(=O)NC1C(SCCCCCCN)OC(CO)C(OC(C)=O)C1O. The van der Waals surface area contributed by atoms with Crippen molar-refractivity contribution in [2.75, 3.05) is 18.9 Å². The minimum atomic E-state index is -1.16. The van der Waals surface area contributed by atoms with Crippen molar-refractivity contribution in [3.05, 3.63) is 0 Å². The van der Waals surface area contributed by atoms with Crippen molar-refractivity contribution in [3.63, 3.8) is 0 Å². The van der Waals surface area contributed by atoms with Crippen molar-refractivity contribution in [1.29, 1.82) is 0 Å². The number of amides is 1. The van der Waals surface area contributed by atoms with Crippen molar-refractivity contribution in [2.24, 2.45) is 5.73 Å². The van der Waals surface area contributed by atoms with E-state index in [1.54, 1.807) is 0 Å². The molecule has 0 aromatic carbocycles. The maximum Gasteiger partial charge on any atom is 0.303 e. The van der Waals surface area contributed by atoms with E-state index in [0.717, 1.165) is 31.4 Å². The molecule has 1 amide bonds. The van der Waals surface area contributed by atoms with E-state index >= 15 is 0 Å². The van der Waals surface area contributed by atoms with Gasteiger partial charge in [-0.1, -0.05) is 12.8 Å². The van der Waals surface area contributed by atoms with Crippen molar-refractivity contribution < 1.29 is 29.3 Å². The van der Waals surface area contributed by atoms with Gasteiger partial charge in [0.25, 0.3) is 0 Å². The monoisotopic (exact) mass is 378 g/mol. The Labute approximate surface area is 152 Å². The molecule has 1 heterocycles. The molecule has 25 heavy (non-hydrogen) atoms. The minimum Gasteiger partial charge on any atom is -0.457 e. The Morgan fingerprint density at radius 2 is 1.92 bits per heavy atom. The number of aliphatic hydroxyl groups excluding tert-OH is 2. The molecule has 0 saturated carbocycles. The summed E-state index contributed by atoms with van der Waals surface area (Å²) in [6, 6.07) is -0.723. The van der Waals surface area contributed by atoms with Crippen LogP contribution in [0.2, 0.25) is 0 Å². The van der Waals surface area contributed by atoms with Gasteiger partial charge in [0, 0.05) is 13.8 Å². The Morgan fingerprint density at radius 3 is 2.48 bits per heavy atom. The molecule has 1 rings (SSSR count). The Hall–Kier alpha value is -0.870. The third kappa shape index (κ3) is 7.49. The summed E-state index contributed by atoms with van der Waals surface area (Å²) >= 11 is 1.47. The second kappa shape index (κ2) is 11.7. The lowest BCUT2D eigenvalue weighted by Crippen LogP contribution is -2.64. The molecule has 5 unspecified atom stereocenters. The number of nitrogens with two attached hydrogens (primary N) is 1. The van der Waals surface area contributed by atoms with Crippen molar-refractivity contribution in [1.82, 2.24) is 5.32 Å². The quantitative estimate of drug-likeness (QED) is 0.302. The van der Waals surface area contributed by atoms with E-state index in [1.807, 2.05) is 0 Å². The minimum absolute atomic E-state index is 0.315. The summed E-state index contributed by atoms with van der Waals surface area (Å²) in [7, 11) is 0. The number of aliphatic hydroxyl groups is 2. The van der Waals surface area contributed by atoms with E-state index in [4.69, 9.17) is 15.2 Å². The summed E-state index contributed by atoms with van der Waals surface area (Å²) in [5.41, 5.74) is 4.94. The van der Waals surface area contributed by atoms with Gasteiger partial charge >= 0.3 is 5.97 Å². The number of ether oxygens (including phenoxy) is 2. The summed E-state index contributed by atoms with van der Waals surface area (Å²) in [5.74, 6) is -0.113. The summed E-state index contributed by atoms with van der Waals surface area (Å²) in [6.07, 6.45) is 1.05. The van der Waals surface area contributed by atoms with Crippen molar-refractivity contribution >= 4 is 23.6 Å². The van der Waals surface area contributed by atoms with Crippen LogP contribution in [0, 0.1) is 0 Å². The maximum absolute atomic E-state index is 11.5. The van der Waals surface area contributed by atoms with Crippen LogP contribution in [-0.4, -0.2) is 70.8 Å². The van der Waals surface area contributed by atoms with Gasteiger partial charge in [-0.3, -0.25) is 9.59 Å². The molecule has 0 aliphatic carbocycles. The Bertz CT molecular complexity index is 425. The number of hydrogen-bond acceptors (Lipinski definition) is 8. The molecule has 5 atom stereocenters. The van der Waals surface area contributed by atoms with Crippen LogP contribution in [0.25, 0.3) is 0 Å². The van der Waals surface area contributed by atoms with Crippen LogP contribution in [0.5, 0.6) is 0 Å². The highest BCUT2D eigenvalue weighted by atomic mass is 32.2. The third-order valence-electron chi connectivity index (χ3n) is 3.91. The van der Waals surface area contributed by atoms with Crippen LogP contribution in [0.1, 0.15) is 39.5 Å². The Morgan fingerprint density at radius 1 is 1.24 bits per heavy atom. The predicted molar refractivity (Wildman–Crippen MR) is 94.9 cm³/mol. The van der Waals surface area contributed by atoms with Gasteiger partial charge in [-0.15, -0.1) is 11.8 Å². The molecule has 0 aromatic heterocycles. The normalized spacial score (nSPS) is 29.2. The largest absolute Gasteiger partial charge is 0.457 e. The number of nitrogens with one attached hydrogen (secondary N) is 1. The zero-order valence-corrected chi connectivity index (χ0v) is 15.7. The molecule has 1 fully saturated rings. The van der Waals surface area contributed by atoms with Gasteiger partial charge < -0.3 is 30.7 Å². The topological polar surface area (TPSA) is 131 Å². The standard InChI is InChI=1S/C16H30N2O6S/c1-10(20)18-13-14(22)15(23-11(2)21)12(9-19)24-16(13)25-8-6-4-3-5-7-17/h12-16,19,22H,3-9,17H2,1-2H3,(H,18,20). The van der Waals surface area contributed by atoms with Gasteiger partial charge in [-0.05, 0) is 25.1 Å². The van der Waals surface area contributed by atoms with E-state index in [9.17, 15) is 19.8 Å². The summed E-state index contributed by atoms with van der Waals surface area (Å²) < 4.78 is 10.9. The highest BCUT2D eigenvalue weighted by Gasteiger charge is 2.47. The highest BCUT2D eigenvalue weighted by Crippen LogP contribution is 2.30. The van der Waals surface area contributed by atoms with Crippen LogP contribution in [0.4, 0.5) is 0 Å². The molecule has 146 valence electrons. The van der Waals surface area contributed by atoms with Gasteiger partial charge in [0.15, 0.2) is 6.10 Å². The summed E-state index contributed by atoms with van der Waals surface area (Å²) in [6.45, 7) is 2.86. The van der Waals surface area contributed by atoms with Crippen LogP contribution in [0.15, 0.2) is 0 Å². The number of unbranched alkanes of at least 4 members (excludes halogenated alkanes) is 3. The molecule has 5 N–H and O–H groups in total. The van der Waals surface area contributed by atoms with Gasteiger partial charge in [-0.2, -0.15) is 0 Å². The summed E-state index contributed by atoms with van der Waals surface area (Å²) in [5, 5.41) is 22.7. The summed E-state index contributed by atoms with van der Waals surface area (Å²) in [4.78, 5) is 22.7. The second-order valence-corrected chi connectivity index (χ2v) is 7.30. The molecule has 0 spiro atoms. The third-order valence-corrected chi connectivity index (χ3v) is 5.16. The van der Waals surface area contributed by atoms with Crippen LogP contribution in [0.3, 0.4) is 0 Å². The van der Waals surface area contributed by atoms with Gasteiger partial charge in [0.1, 0.15) is 17.6 Å². The average molecular weight is 378 g/mol. The highest BCUT2D eigenvalue weighted by molar-refractivity contribution is 7.99. The van der Waals surface area contributed by atoms with Gasteiger partial charge in [-0.25, -0.2) is 0 Å². The predicted octanol–water partition coefficient (Wildman–Crippen LogP) is -0.247. The van der Waals surface area contributed by atoms with Gasteiger partial charge in [0.2, 0.25) is 5.91 Å². The molecular weight excluding hydrogens is 348 g/mol. The smallest absolute Gasteiger partial charge is 0.303 e. The molecule has 1 aliphatic heterocycles. The fourth-order valence-corrected chi connectivity index (χ4v) is 4.00. The number of hydrogen-bond donors (Lipinski definition) is 4.